The van der Waals surface area contributed by atoms with Crippen LogP contribution in [0.2, 0.25) is 0 Å². The molecule has 152 valence electrons. The standard InChI is InChI=1S/C20H26N2O5S/c1-14-12-18(28(24,25)22(3)4)10-11-19(14)27-13-20(23)21-15(2)16-6-8-17(26-5)9-7-16/h6-12,15H,13H2,1-5H3,(H,21,23)/t15-/m1/s1. The molecule has 0 aliphatic heterocycles. The summed E-state index contributed by atoms with van der Waals surface area (Å²) in [5.41, 5.74) is 1.59. The van der Waals surface area contributed by atoms with E-state index in [1.54, 1.807) is 20.1 Å². The third-order valence-corrected chi connectivity index (χ3v) is 6.09. The molecule has 7 nitrogen and oxygen atoms in total. The van der Waals surface area contributed by atoms with E-state index in [9.17, 15) is 13.2 Å². The van der Waals surface area contributed by atoms with Crippen molar-refractivity contribution in [3.8, 4) is 11.5 Å². The molecule has 1 N–H and O–H groups in total. The first kappa shape index (κ1) is 21.7. The van der Waals surface area contributed by atoms with Crippen LogP contribution >= 0.6 is 0 Å². The number of carbonyl (C=O) groups excluding carboxylic acids is 1. The zero-order chi connectivity index (χ0) is 20.9. The summed E-state index contributed by atoms with van der Waals surface area (Å²) < 4.78 is 36.2. The van der Waals surface area contributed by atoms with E-state index >= 15 is 0 Å². The Morgan fingerprint density at radius 2 is 1.79 bits per heavy atom. The zero-order valence-corrected chi connectivity index (χ0v) is 17.5. The van der Waals surface area contributed by atoms with Gasteiger partial charge in [-0.25, -0.2) is 12.7 Å². The van der Waals surface area contributed by atoms with Crippen LogP contribution in [-0.4, -0.2) is 46.4 Å². The van der Waals surface area contributed by atoms with Crippen LogP contribution < -0.4 is 14.8 Å². The number of nitrogens with zero attached hydrogens (tertiary/aromatic N) is 1. The van der Waals surface area contributed by atoms with E-state index in [1.165, 1.54) is 26.2 Å². The summed E-state index contributed by atoms with van der Waals surface area (Å²) in [6.07, 6.45) is 0. The van der Waals surface area contributed by atoms with Crippen molar-refractivity contribution in [2.45, 2.75) is 24.8 Å². The number of amides is 1. The van der Waals surface area contributed by atoms with E-state index in [1.807, 2.05) is 31.2 Å². The molecule has 2 aromatic rings. The first-order chi connectivity index (χ1) is 13.1. The van der Waals surface area contributed by atoms with Crippen molar-refractivity contribution in [1.82, 2.24) is 9.62 Å². The predicted octanol–water partition coefficient (Wildman–Crippen LogP) is 2.51. The van der Waals surface area contributed by atoms with Gasteiger partial charge in [-0.3, -0.25) is 4.79 Å². The number of hydrogen-bond donors (Lipinski definition) is 1. The highest BCUT2D eigenvalue weighted by atomic mass is 32.2. The summed E-state index contributed by atoms with van der Waals surface area (Å²) in [5, 5.41) is 2.87. The van der Waals surface area contributed by atoms with Gasteiger partial charge < -0.3 is 14.8 Å². The van der Waals surface area contributed by atoms with Gasteiger partial charge in [-0.2, -0.15) is 0 Å². The van der Waals surface area contributed by atoms with Crippen molar-refractivity contribution >= 4 is 15.9 Å². The topological polar surface area (TPSA) is 84.9 Å². The van der Waals surface area contributed by atoms with Gasteiger partial charge in [0.1, 0.15) is 11.5 Å². The minimum absolute atomic E-state index is 0.166. The van der Waals surface area contributed by atoms with Crippen molar-refractivity contribution in [1.29, 1.82) is 0 Å². The molecule has 1 amide bonds. The molecular weight excluding hydrogens is 380 g/mol. The molecule has 1 atom stereocenters. The Morgan fingerprint density at radius 1 is 1.14 bits per heavy atom. The van der Waals surface area contributed by atoms with E-state index < -0.39 is 10.0 Å². The molecule has 0 heterocycles. The fraction of sp³-hybridized carbons (Fsp3) is 0.350. The van der Waals surface area contributed by atoms with Gasteiger partial charge in [0, 0.05) is 14.1 Å². The fourth-order valence-corrected chi connectivity index (χ4v) is 3.54. The molecule has 8 heteroatoms. The Hall–Kier alpha value is -2.58. The average Bonchev–Trinajstić information content (AvgIpc) is 2.66. The summed E-state index contributed by atoms with van der Waals surface area (Å²) in [7, 11) is 1.04. The lowest BCUT2D eigenvalue weighted by atomic mass is 10.1. The van der Waals surface area contributed by atoms with Crippen LogP contribution in [0.1, 0.15) is 24.1 Å². The summed E-state index contributed by atoms with van der Waals surface area (Å²) in [4.78, 5) is 12.4. The highest BCUT2D eigenvalue weighted by molar-refractivity contribution is 7.89. The number of carbonyl (C=O) groups is 1. The molecule has 0 aliphatic carbocycles. The molecule has 0 spiro atoms. The maximum Gasteiger partial charge on any atom is 0.258 e. The molecular formula is C20H26N2O5S. The number of hydrogen-bond acceptors (Lipinski definition) is 5. The summed E-state index contributed by atoms with van der Waals surface area (Å²) in [6.45, 7) is 3.45. The van der Waals surface area contributed by atoms with Crippen molar-refractivity contribution in [3.05, 3.63) is 53.6 Å². The van der Waals surface area contributed by atoms with Crippen molar-refractivity contribution < 1.29 is 22.7 Å². The Bertz CT molecular complexity index is 924. The second kappa shape index (κ2) is 9.07. The Kier molecular flexibility index (Phi) is 7.04. The summed E-state index contributed by atoms with van der Waals surface area (Å²) in [5.74, 6) is 0.943. The number of benzene rings is 2. The first-order valence-corrected chi connectivity index (χ1v) is 10.2. The number of ether oxygens (including phenoxy) is 2. The van der Waals surface area contributed by atoms with Gasteiger partial charge in [0.15, 0.2) is 6.61 Å². The Labute approximate surface area is 166 Å². The van der Waals surface area contributed by atoms with E-state index in [0.29, 0.717) is 11.3 Å². The van der Waals surface area contributed by atoms with E-state index in [0.717, 1.165) is 15.6 Å². The van der Waals surface area contributed by atoms with Crippen LogP contribution in [0.25, 0.3) is 0 Å². The molecule has 0 aliphatic rings. The maximum atomic E-state index is 12.2. The SMILES string of the molecule is COc1ccc([C@@H](C)NC(=O)COc2ccc(S(=O)(=O)N(C)C)cc2C)cc1. The van der Waals surface area contributed by atoms with Crippen LogP contribution in [0.15, 0.2) is 47.4 Å². The summed E-state index contributed by atoms with van der Waals surface area (Å²) in [6, 6.07) is 11.8. The Morgan fingerprint density at radius 3 is 2.32 bits per heavy atom. The van der Waals surface area contributed by atoms with Gasteiger partial charge in [0.25, 0.3) is 5.91 Å². The molecule has 0 bridgehead atoms. The van der Waals surface area contributed by atoms with Crippen LogP contribution in [0.3, 0.4) is 0 Å². The van der Waals surface area contributed by atoms with E-state index in [4.69, 9.17) is 9.47 Å². The van der Waals surface area contributed by atoms with Crippen LogP contribution in [0.5, 0.6) is 11.5 Å². The number of aryl methyl sites for hydroxylation is 1. The highest BCUT2D eigenvalue weighted by Gasteiger charge is 2.18. The van der Waals surface area contributed by atoms with Gasteiger partial charge in [0.05, 0.1) is 18.0 Å². The highest BCUT2D eigenvalue weighted by Crippen LogP contribution is 2.23. The lowest BCUT2D eigenvalue weighted by Crippen LogP contribution is -2.31. The number of rotatable bonds is 8. The maximum absolute atomic E-state index is 12.2. The van der Waals surface area contributed by atoms with Crippen molar-refractivity contribution in [2.75, 3.05) is 27.8 Å². The molecule has 0 radical (unpaired) electrons. The van der Waals surface area contributed by atoms with Gasteiger partial charge >= 0.3 is 0 Å². The minimum Gasteiger partial charge on any atom is -0.497 e. The number of nitrogens with one attached hydrogen (secondary N) is 1. The molecule has 0 fully saturated rings. The molecule has 0 unspecified atom stereocenters. The van der Waals surface area contributed by atoms with Crippen molar-refractivity contribution in [3.63, 3.8) is 0 Å². The monoisotopic (exact) mass is 406 g/mol. The average molecular weight is 407 g/mol. The number of methoxy groups -OCH3 is 1. The van der Waals surface area contributed by atoms with E-state index in [2.05, 4.69) is 5.32 Å². The van der Waals surface area contributed by atoms with Gasteiger partial charge in [-0.15, -0.1) is 0 Å². The zero-order valence-electron chi connectivity index (χ0n) is 16.7. The van der Waals surface area contributed by atoms with E-state index in [-0.39, 0.29) is 23.5 Å². The second-order valence-corrected chi connectivity index (χ2v) is 8.72. The molecule has 0 saturated heterocycles. The van der Waals surface area contributed by atoms with Gasteiger partial charge in [0.2, 0.25) is 10.0 Å². The third kappa shape index (κ3) is 5.24. The quantitative estimate of drug-likeness (QED) is 0.728. The van der Waals surface area contributed by atoms with Gasteiger partial charge in [-0.05, 0) is 55.3 Å². The van der Waals surface area contributed by atoms with Gasteiger partial charge in [-0.1, -0.05) is 12.1 Å². The van der Waals surface area contributed by atoms with Crippen LogP contribution in [0, 0.1) is 6.92 Å². The fourth-order valence-electron chi connectivity index (χ4n) is 2.56. The molecule has 28 heavy (non-hydrogen) atoms. The van der Waals surface area contributed by atoms with Crippen LogP contribution in [-0.2, 0) is 14.8 Å². The lowest BCUT2D eigenvalue weighted by Gasteiger charge is -2.16. The molecule has 2 rings (SSSR count). The largest absolute Gasteiger partial charge is 0.497 e. The molecule has 0 saturated carbocycles. The molecule has 0 aromatic heterocycles. The Balaban J connectivity index is 1.96. The number of sulfonamides is 1. The van der Waals surface area contributed by atoms with Crippen LogP contribution in [0.4, 0.5) is 0 Å². The lowest BCUT2D eigenvalue weighted by molar-refractivity contribution is -0.123. The smallest absolute Gasteiger partial charge is 0.258 e. The predicted molar refractivity (Wildman–Crippen MR) is 107 cm³/mol. The molecule has 2 aromatic carbocycles. The third-order valence-electron chi connectivity index (χ3n) is 4.28. The normalized spacial score (nSPS) is 12.5. The second-order valence-electron chi connectivity index (χ2n) is 6.57. The first-order valence-electron chi connectivity index (χ1n) is 8.74. The summed E-state index contributed by atoms with van der Waals surface area (Å²) >= 11 is 0. The van der Waals surface area contributed by atoms with Crippen molar-refractivity contribution in [2.24, 2.45) is 0 Å². The minimum atomic E-state index is -3.51.